The van der Waals surface area contributed by atoms with Crippen LogP contribution in [0.2, 0.25) is 5.02 Å². The van der Waals surface area contributed by atoms with Gasteiger partial charge in [-0.3, -0.25) is 4.79 Å². The summed E-state index contributed by atoms with van der Waals surface area (Å²) >= 11 is 5.89. The zero-order valence-corrected chi connectivity index (χ0v) is 12.7. The van der Waals surface area contributed by atoms with Gasteiger partial charge in [0.05, 0.1) is 19.3 Å². The largest absolute Gasteiger partial charge is 0.496 e. The molecule has 0 atom stereocenters. The lowest BCUT2D eigenvalue weighted by Gasteiger charge is -2.10. The van der Waals surface area contributed by atoms with Crippen LogP contribution in [0.15, 0.2) is 36.4 Å². The average molecular weight is 324 g/mol. The molecule has 0 aliphatic rings. The molecule has 0 radical (unpaired) electrons. The van der Waals surface area contributed by atoms with Crippen molar-refractivity contribution < 1.29 is 19.0 Å². The first kappa shape index (κ1) is 16.3. The molecule has 1 amide bonds. The van der Waals surface area contributed by atoms with E-state index in [-0.39, 0.29) is 18.0 Å². The highest BCUT2D eigenvalue weighted by molar-refractivity contribution is 6.31. The molecule has 0 unspecified atom stereocenters. The lowest BCUT2D eigenvalue weighted by molar-refractivity contribution is 0.0948. The molecule has 0 bridgehead atoms. The summed E-state index contributed by atoms with van der Waals surface area (Å²) < 4.78 is 18.4. The van der Waals surface area contributed by atoms with Gasteiger partial charge < -0.3 is 15.2 Å². The van der Waals surface area contributed by atoms with Crippen molar-refractivity contribution in [3.63, 3.8) is 0 Å². The van der Waals surface area contributed by atoms with Crippen molar-refractivity contribution in [2.45, 2.75) is 13.2 Å². The van der Waals surface area contributed by atoms with E-state index >= 15 is 0 Å². The highest BCUT2D eigenvalue weighted by Gasteiger charge is 2.13. The van der Waals surface area contributed by atoms with E-state index in [9.17, 15) is 9.18 Å². The molecule has 6 heteroatoms. The number of carbonyl (C=O) groups excluding carboxylic acids is 1. The molecule has 0 aromatic heterocycles. The monoisotopic (exact) mass is 323 g/mol. The molecule has 4 nitrogen and oxygen atoms in total. The molecule has 0 aliphatic carbocycles. The zero-order chi connectivity index (χ0) is 16.1. The maximum absolute atomic E-state index is 13.3. The number of carbonyl (C=O) groups is 1. The zero-order valence-electron chi connectivity index (χ0n) is 11.9. The van der Waals surface area contributed by atoms with Crippen molar-refractivity contribution in [1.29, 1.82) is 0 Å². The molecule has 2 N–H and O–H groups in total. The predicted molar refractivity (Wildman–Crippen MR) is 81.5 cm³/mol. The van der Waals surface area contributed by atoms with Crippen LogP contribution >= 0.6 is 11.6 Å². The standard InChI is InChI=1S/C16H15ClFNO3/c1-22-15-5-3-12(17)7-13(15)16(21)19-8-10-2-4-14(18)11(6-10)9-20/h2-7,20H,8-9H2,1H3,(H,19,21). The van der Waals surface area contributed by atoms with Crippen molar-refractivity contribution in [1.82, 2.24) is 5.32 Å². The Bertz CT molecular complexity index is 691. The van der Waals surface area contributed by atoms with Gasteiger partial charge in [0.2, 0.25) is 0 Å². The van der Waals surface area contributed by atoms with Crippen LogP contribution in [0.4, 0.5) is 4.39 Å². The van der Waals surface area contributed by atoms with E-state index in [1.54, 1.807) is 18.2 Å². The Morgan fingerprint density at radius 2 is 2.09 bits per heavy atom. The van der Waals surface area contributed by atoms with Crippen LogP contribution in [-0.2, 0) is 13.2 Å². The van der Waals surface area contributed by atoms with Crippen LogP contribution < -0.4 is 10.1 Å². The van der Waals surface area contributed by atoms with Crippen molar-refractivity contribution in [3.05, 3.63) is 63.9 Å². The SMILES string of the molecule is COc1ccc(Cl)cc1C(=O)NCc1ccc(F)c(CO)c1. The Hall–Kier alpha value is -2.11. The summed E-state index contributed by atoms with van der Waals surface area (Å²) in [5, 5.41) is 12.2. The number of ether oxygens (including phenoxy) is 1. The second-order valence-corrected chi connectivity index (χ2v) is 5.05. The first-order valence-corrected chi connectivity index (χ1v) is 6.93. The number of rotatable bonds is 5. The van der Waals surface area contributed by atoms with Crippen molar-refractivity contribution in [2.75, 3.05) is 7.11 Å². The number of nitrogens with one attached hydrogen (secondary N) is 1. The second kappa shape index (κ2) is 7.24. The second-order valence-electron chi connectivity index (χ2n) is 4.61. The molecule has 0 fully saturated rings. The minimum absolute atomic E-state index is 0.187. The lowest BCUT2D eigenvalue weighted by atomic mass is 10.1. The van der Waals surface area contributed by atoms with Crippen LogP contribution in [0.25, 0.3) is 0 Å². The third-order valence-electron chi connectivity index (χ3n) is 3.14. The summed E-state index contributed by atoms with van der Waals surface area (Å²) in [7, 11) is 1.47. The number of halogens is 2. The van der Waals surface area contributed by atoms with Crippen LogP contribution in [0.1, 0.15) is 21.5 Å². The number of methoxy groups -OCH3 is 1. The quantitative estimate of drug-likeness (QED) is 0.889. The number of hydrogen-bond acceptors (Lipinski definition) is 3. The van der Waals surface area contributed by atoms with Crippen molar-refractivity contribution in [3.8, 4) is 5.75 Å². The summed E-state index contributed by atoms with van der Waals surface area (Å²) in [6.07, 6.45) is 0. The Kier molecular flexibility index (Phi) is 5.35. The Balaban J connectivity index is 2.11. The van der Waals surface area contributed by atoms with Crippen LogP contribution in [-0.4, -0.2) is 18.1 Å². The summed E-state index contributed by atoms with van der Waals surface area (Å²) in [5.74, 6) is -0.416. The Morgan fingerprint density at radius 3 is 2.77 bits per heavy atom. The molecule has 0 heterocycles. The number of amides is 1. The molecule has 22 heavy (non-hydrogen) atoms. The third kappa shape index (κ3) is 3.75. The van der Waals surface area contributed by atoms with Gasteiger partial charge in [-0.1, -0.05) is 17.7 Å². The topological polar surface area (TPSA) is 58.6 Å². The summed E-state index contributed by atoms with van der Waals surface area (Å²) in [4.78, 5) is 12.2. The van der Waals surface area contributed by atoms with Gasteiger partial charge in [-0.05, 0) is 35.9 Å². The highest BCUT2D eigenvalue weighted by atomic mass is 35.5. The maximum atomic E-state index is 13.3. The fourth-order valence-electron chi connectivity index (χ4n) is 1.99. The highest BCUT2D eigenvalue weighted by Crippen LogP contribution is 2.22. The molecular formula is C16H15ClFNO3. The third-order valence-corrected chi connectivity index (χ3v) is 3.37. The first-order chi connectivity index (χ1) is 10.5. The summed E-state index contributed by atoms with van der Waals surface area (Å²) in [6.45, 7) is -0.197. The molecular weight excluding hydrogens is 309 g/mol. The maximum Gasteiger partial charge on any atom is 0.255 e. The molecule has 116 valence electrons. The van der Waals surface area contributed by atoms with Gasteiger partial charge in [0.1, 0.15) is 11.6 Å². The molecule has 2 aromatic carbocycles. The number of benzene rings is 2. The fourth-order valence-corrected chi connectivity index (χ4v) is 2.17. The molecule has 2 rings (SSSR count). The summed E-state index contributed by atoms with van der Waals surface area (Å²) in [5.41, 5.74) is 1.19. The van der Waals surface area contributed by atoms with Gasteiger partial charge in [0.25, 0.3) is 5.91 Å². The average Bonchev–Trinajstić information content (AvgIpc) is 2.53. The number of aliphatic hydroxyl groups is 1. The molecule has 0 spiro atoms. The minimum Gasteiger partial charge on any atom is -0.496 e. The van der Waals surface area contributed by atoms with E-state index in [0.29, 0.717) is 21.9 Å². The van der Waals surface area contributed by atoms with E-state index in [1.165, 1.54) is 25.3 Å². The number of aliphatic hydroxyl groups excluding tert-OH is 1. The molecule has 0 saturated heterocycles. The fraction of sp³-hybridized carbons (Fsp3) is 0.188. The minimum atomic E-state index is -0.478. The lowest BCUT2D eigenvalue weighted by Crippen LogP contribution is -2.23. The smallest absolute Gasteiger partial charge is 0.255 e. The van der Waals surface area contributed by atoms with Gasteiger partial charge in [-0.2, -0.15) is 0 Å². The van der Waals surface area contributed by atoms with Crippen LogP contribution in [0.3, 0.4) is 0 Å². The molecule has 0 aliphatic heterocycles. The van der Waals surface area contributed by atoms with E-state index in [1.807, 2.05) is 0 Å². The van der Waals surface area contributed by atoms with Gasteiger partial charge in [-0.25, -0.2) is 4.39 Å². The van der Waals surface area contributed by atoms with Gasteiger partial charge >= 0.3 is 0 Å². The number of hydrogen-bond donors (Lipinski definition) is 2. The van der Waals surface area contributed by atoms with Gasteiger partial charge in [-0.15, -0.1) is 0 Å². The van der Waals surface area contributed by atoms with E-state index in [0.717, 1.165) is 0 Å². The van der Waals surface area contributed by atoms with Crippen LogP contribution in [0, 0.1) is 5.82 Å². The Morgan fingerprint density at radius 1 is 1.32 bits per heavy atom. The van der Waals surface area contributed by atoms with Crippen LogP contribution in [0.5, 0.6) is 5.75 Å². The van der Waals surface area contributed by atoms with Crippen molar-refractivity contribution in [2.24, 2.45) is 0 Å². The first-order valence-electron chi connectivity index (χ1n) is 6.55. The van der Waals surface area contributed by atoms with E-state index in [4.69, 9.17) is 21.4 Å². The normalized spacial score (nSPS) is 10.4. The van der Waals surface area contributed by atoms with Crippen molar-refractivity contribution >= 4 is 17.5 Å². The Labute approximate surface area is 132 Å². The molecule has 0 saturated carbocycles. The summed E-state index contributed by atoms with van der Waals surface area (Å²) in [6, 6.07) is 9.06. The van der Waals surface area contributed by atoms with Gasteiger partial charge in [0, 0.05) is 17.1 Å². The van der Waals surface area contributed by atoms with E-state index < -0.39 is 12.4 Å². The predicted octanol–water partition coefficient (Wildman–Crippen LogP) is 2.91. The van der Waals surface area contributed by atoms with E-state index in [2.05, 4.69) is 5.32 Å². The molecule has 2 aromatic rings. The van der Waals surface area contributed by atoms with Gasteiger partial charge in [0.15, 0.2) is 0 Å².